The van der Waals surface area contributed by atoms with Crippen molar-refractivity contribution >= 4 is 33.5 Å². The number of hydrogen-bond acceptors (Lipinski definition) is 2. The first kappa shape index (κ1) is 13.8. The van der Waals surface area contributed by atoms with Crippen molar-refractivity contribution in [2.45, 2.75) is 6.92 Å². The van der Waals surface area contributed by atoms with Crippen molar-refractivity contribution in [3.05, 3.63) is 58.1 Å². The Morgan fingerprint density at radius 2 is 1.74 bits per heavy atom. The van der Waals surface area contributed by atoms with Crippen LogP contribution in [0.25, 0.3) is 0 Å². The molecule has 0 amide bonds. The predicted octanol–water partition coefficient (Wildman–Crippen LogP) is 4.57. The Labute approximate surface area is 122 Å². The third-order valence-electron chi connectivity index (χ3n) is 2.91. The first-order chi connectivity index (χ1) is 9.06. The molecule has 0 N–H and O–H groups in total. The van der Waals surface area contributed by atoms with Crippen LogP contribution in [0.15, 0.2) is 51.9 Å². The van der Waals surface area contributed by atoms with E-state index in [0.29, 0.717) is 0 Å². The Bertz CT molecular complexity index is 586. The second-order valence-electron chi connectivity index (χ2n) is 4.68. The maximum Gasteiger partial charge on any atom is 0.0633 e. The van der Waals surface area contributed by atoms with Crippen LogP contribution >= 0.6 is 15.9 Å². The number of hydrogen-bond donors (Lipinski definition) is 0. The number of benzene rings is 2. The summed E-state index contributed by atoms with van der Waals surface area (Å²) in [4.78, 5) is 6.58. The molecule has 0 unspecified atom stereocenters. The van der Waals surface area contributed by atoms with Crippen molar-refractivity contribution in [3.63, 3.8) is 0 Å². The average Bonchev–Trinajstić information content (AvgIpc) is 2.40. The minimum atomic E-state index is 0.970. The van der Waals surface area contributed by atoms with Crippen LogP contribution in [0.4, 0.5) is 11.4 Å². The molecule has 0 fully saturated rings. The lowest BCUT2D eigenvalue weighted by Gasteiger charge is -2.11. The predicted molar refractivity (Wildman–Crippen MR) is 86.9 cm³/mol. The number of halogens is 1. The molecular formula is C16H17BrN2. The summed E-state index contributed by atoms with van der Waals surface area (Å²) in [5.41, 5.74) is 4.46. The van der Waals surface area contributed by atoms with Gasteiger partial charge in [0.15, 0.2) is 0 Å². The monoisotopic (exact) mass is 316 g/mol. The van der Waals surface area contributed by atoms with E-state index in [2.05, 4.69) is 63.1 Å². The van der Waals surface area contributed by atoms with Crippen molar-refractivity contribution in [1.29, 1.82) is 0 Å². The molecule has 0 aliphatic rings. The Kier molecular flexibility index (Phi) is 4.38. The molecule has 0 spiro atoms. The summed E-state index contributed by atoms with van der Waals surface area (Å²) in [5, 5.41) is 0. The van der Waals surface area contributed by atoms with Gasteiger partial charge in [-0.05, 0) is 48.4 Å². The van der Waals surface area contributed by atoms with Crippen molar-refractivity contribution < 1.29 is 0 Å². The van der Waals surface area contributed by atoms with E-state index < -0.39 is 0 Å². The minimum absolute atomic E-state index is 0.970. The number of aryl methyl sites for hydroxylation is 1. The molecule has 3 heteroatoms. The summed E-state index contributed by atoms with van der Waals surface area (Å²) in [6.07, 6.45) is 1.89. The molecule has 19 heavy (non-hydrogen) atoms. The first-order valence-corrected chi connectivity index (χ1v) is 6.93. The SMILES string of the molecule is Cc1cc(N=Cc2ccc(N(C)C)cc2)ccc1Br. The number of nitrogens with zero attached hydrogens (tertiary/aromatic N) is 2. The molecule has 0 atom stereocenters. The highest BCUT2D eigenvalue weighted by molar-refractivity contribution is 9.10. The zero-order valence-corrected chi connectivity index (χ0v) is 13.0. The Morgan fingerprint density at radius 3 is 2.32 bits per heavy atom. The minimum Gasteiger partial charge on any atom is -0.378 e. The van der Waals surface area contributed by atoms with Gasteiger partial charge >= 0.3 is 0 Å². The van der Waals surface area contributed by atoms with Gasteiger partial charge in [-0.3, -0.25) is 4.99 Å². The Hall–Kier alpha value is -1.61. The van der Waals surface area contributed by atoms with E-state index in [4.69, 9.17) is 0 Å². The van der Waals surface area contributed by atoms with Gasteiger partial charge in [0.2, 0.25) is 0 Å². The van der Waals surface area contributed by atoms with Crippen molar-refractivity contribution in [3.8, 4) is 0 Å². The van der Waals surface area contributed by atoms with Gasteiger partial charge in [-0.1, -0.05) is 28.1 Å². The summed E-state index contributed by atoms with van der Waals surface area (Å²) in [7, 11) is 4.07. The van der Waals surface area contributed by atoms with E-state index in [1.54, 1.807) is 0 Å². The normalized spacial score (nSPS) is 10.9. The maximum absolute atomic E-state index is 4.49. The molecule has 0 radical (unpaired) electrons. The summed E-state index contributed by atoms with van der Waals surface area (Å²) in [6, 6.07) is 14.4. The average molecular weight is 317 g/mol. The van der Waals surface area contributed by atoms with Gasteiger partial charge < -0.3 is 4.90 Å². The number of anilines is 1. The lowest BCUT2D eigenvalue weighted by atomic mass is 10.2. The van der Waals surface area contributed by atoms with Crippen LogP contribution in [0.2, 0.25) is 0 Å². The van der Waals surface area contributed by atoms with Gasteiger partial charge in [0.1, 0.15) is 0 Å². The molecule has 0 aliphatic carbocycles. The van der Waals surface area contributed by atoms with Gasteiger partial charge in [-0.25, -0.2) is 0 Å². The van der Waals surface area contributed by atoms with Crippen LogP contribution in [0.5, 0.6) is 0 Å². The van der Waals surface area contributed by atoms with Crippen molar-refractivity contribution in [1.82, 2.24) is 0 Å². The van der Waals surface area contributed by atoms with Crippen LogP contribution < -0.4 is 4.90 Å². The van der Waals surface area contributed by atoms with Crippen LogP contribution in [0.1, 0.15) is 11.1 Å². The third-order valence-corrected chi connectivity index (χ3v) is 3.80. The highest BCUT2D eigenvalue weighted by atomic mass is 79.9. The standard InChI is InChI=1S/C16H17BrN2/c1-12-10-14(6-9-16(12)17)18-11-13-4-7-15(8-5-13)19(2)3/h4-11H,1-3H3. The topological polar surface area (TPSA) is 15.6 Å². The zero-order valence-electron chi connectivity index (χ0n) is 11.4. The van der Waals surface area contributed by atoms with Crippen LogP contribution in [0.3, 0.4) is 0 Å². The van der Waals surface area contributed by atoms with Gasteiger partial charge in [-0.15, -0.1) is 0 Å². The molecule has 2 aromatic carbocycles. The highest BCUT2D eigenvalue weighted by Crippen LogP contribution is 2.22. The second kappa shape index (κ2) is 6.02. The first-order valence-electron chi connectivity index (χ1n) is 6.14. The van der Waals surface area contributed by atoms with E-state index in [1.807, 2.05) is 32.4 Å². The van der Waals surface area contributed by atoms with Crippen molar-refractivity contribution in [2.24, 2.45) is 4.99 Å². The van der Waals surface area contributed by atoms with E-state index in [1.165, 1.54) is 11.3 Å². The molecule has 2 nitrogen and oxygen atoms in total. The molecule has 0 saturated carbocycles. The summed E-state index contributed by atoms with van der Waals surface area (Å²) >= 11 is 3.49. The fourth-order valence-electron chi connectivity index (χ4n) is 1.72. The third kappa shape index (κ3) is 3.67. The lowest BCUT2D eigenvalue weighted by Crippen LogP contribution is -2.08. The quantitative estimate of drug-likeness (QED) is 0.757. The molecule has 98 valence electrons. The summed E-state index contributed by atoms with van der Waals surface area (Å²) in [5.74, 6) is 0. The molecule has 0 aliphatic heterocycles. The summed E-state index contributed by atoms with van der Waals surface area (Å²) < 4.78 is 1.11. The lowest BCUT2D eigenvalue weighted by molar-refractivity contribution is 1.13. The fraction of sp³-hybridized carbons (Fsp3) is 0.188. The fourth-order valence-corrected chi connectivity index (χ4v) is 1.96. The molecule has 0 heterocycles. The van der Waals surface area contributed by atoms with Gasteiger partial charge in [0, 0.05) is 30.5 Å². The Balaban J connectivity index is 2.15. The van der Waals surface area contributed by atoms with Gasteiger partial charge in [-0.2, -0.15) is 0 Å². The second-order valence-corrected chi connectivity index (χ2v) is 5.53. The van der Waals surface area contributed by atoms with Gasteiger partial charge in [0.05, 0.1) is 5.69 Å². The van der Waals surface area contributed by atoms with E-state index >= 15 is 0 Å². The van der Waals surface area contributed by atoms with Crippen LogP contribution in [-0.4, -0.2) is 20.3 Å². The number of rotatable bonds is 3. The molecule has 0 saturated heterocycles. The van der Waals surface area contributed by atoms with Crippen LogP contribution in [-0.2, 0) is 0 Å². The van der Waals surface area contributed by atoms with E-state index in [-0.39, 0.29) is 0 Å². The van der Waals surface area contributed by atoms with E-state index in [9.17, 15) is 0 Å². The maximum atomic E-state index is 4.49. The molecule has 2 rings (SSSR count). The van der Waals surface area contributed by atoms with Gasteiger partial charge in [0.25, 0.3) is 0 Å². The van der Waals surface area contributed by atoms with Crippen LogP contribution in [0, 0.1) is 6.92 Å². The number of aliphatic imine (C=N–C) groups is 1. The summed E-state index contributed by atoms with van der Waals surface area (Å²) in [6.45, 7) is 2.06. The highest BCUT2D eigenvalue weighted by Gasteiger charge is 1.96. The zero-order chi connectivity index (χ0) is 13.8. The molecule has 0 aromatic heterocycles. The molecule has 2 aromatic rings. The van der Waals surface area contributed by atoms with E-state index in [0.717, 1.165) is 15.7 Å². The van der Waals surface area contributed by atoms with Crippen molar-refractivity contribution in [2.75, 3.05) is 19.0 Å². The molecule has 0 bridgehead atoms. The smallest absolute Gasteiger partial charge is 0.0633 e. The largest absolute Gasteiger partial charge is 0.378 e. The Morgan fingerprint density at radius 1 is 1.05 bits per heavy atom. The molecular weight excluding hydrogens is 300 g/mol.